The van der Waals surface area contributed by atoms with Gasteiger partial charge in [0.05, 0.1) is 0 Å². The number of benzene rings is 2. The molecule has 25 heavy (non-hydrogen) atoms. The number of hydrogen-bond acceptors (Lipinski definition) is 3. The fraction of sp³-hybridized carbons (Fsp3) is 0.263. The second-order valence-electron chi connectivity index (χ2n) is 6.16. The standard InChI is InChI=1S/C19H21N3O2.ClH/c20-10-16-11-22(12-17(16)13-4-2-1-3-5-13)19(24)15-8-6-14(7-9-15)18(21)23;/h1-9,16-17H,10-12,20H2,(H2,21,23);1H/t16-,17+;/m1./s1. The Balaban J connectivity index is 0.00000225. The van der Waals surface area contributed by atoms with Gasteiger partial charge < -0.3 is 16.4 Å². The predicted molar refractivity (Wildman–Crippen MR) is 99.8 cm³/mol. The van der Waals surface area contributed by atoms with Crippen LogP contribution < -0.4 is 11.5 Å². The van der Waals surface area contributed by atoms with E-state index in [2.05, 4.69) is 12.1 Å². The molecule has 0 spiro atoms. The molecule has 1 heterocycles. The quantitative estimate of drug-likeness (QED) is 0.875. The van der Waals surface area contributed by atoms with Crippen LogP contribution in [0.15, 0.2) is 54.6 Å². The third-order valence-electron chi connectivity index (χ3n) is 4.68. The van der Waals surface area contributed by atoms with E-state index < -0.39 is 5.91 Å². The van der Waals surface area contributed by atoms with E-state index in [1.807, 2.05) is 23.1 Å². The highest BCUT2D eigenvalue weighted by Gasteiger charge is 2.35. The average molecular weight is 360 g/mol. The van der Waals surface area contributed by atoms with Crippen molar-refractivity contribution in [2.75, 3.05) is 19.6 Å². The Morgan fingerprint density at radius 1 is 0.960 bits per heavy atom. The number of carbonyl (C=O) groups excluding carboxylic acids is 2. The number of amides is 2. The van der Waals surface area contributed by atoms with Crippen molar-refractivity contribution in [2.24, 2.45) is 17.4 Å². The summed E-state index contributed by atoms with van der Waals surface area (Å²) in [6.07, 6.45) is 0. The highest BCUT2D eigenvalue weighted by atomic mass is 35.5. The molecule has 132 valence electrons. The molecule has 5 nitrogen and oxygen atoms in total. The first kappa shape index (κ1) is 19.0. The molecule has 6 heteroatoms. The highest BCUT2D eigenvalue weighted by Crippen LogP contribution is 2.32. The predicted octanol–water partition coefficient (Wildman–Crippen LogP) is 2.02. The van der Waals surface area contributed by atoms with Gasteiger partial charge in [0.2, 0.25) is 5.91 Å². The number of nitrogens with zero attached hydrogens (tertiary/aromatic N) is 1. The third-order valence-corrected chi connectivity index (χ3v) is 4.68. The van der Waals surface area contributed by atoms with Crippen LogP contribution in [-0.4, -0.2) is 36.3 Å². The molecule has 2 atom stereocenters. The van der Waals surface area contributed by atoms with E-state index in [4.69, 9.17) is 11.5 Å². The number of rotatable bonds is 4. The van der Waals surface area contributed by atoms with Gasteiger partial charge in [-0.3, -0.25) is 9.59 Å². The van der Waals surface area contributed by atoms with Gasteiger partial charge in [0.25, 0.3) is 5.91 Å². The second-order valence-corrected chi connectivity index (χ2v) is 6.16. The van der Waals surface area contributed by atoms with Crippen LogP contribution in [0.1, 0.15) is 32.2 Å². The van der Waals surface area contributed by atoms with Crippen LogP contribution in [0.25, 0.3) is 0 Å². The molecule has 1 aliphatic heterocycles. The third kappa shape index (κ3) is 4.00. The second kappa shape index (κ2) is 8.14. The summed E-state index contributed by atoms with van der Waals surface area (Å²) in [5.41, 5.74) is 13.3. The Morgan fingerprint density at radius 3 is 2.12 bits per heavy atom. The van der Waals surface area contributed by atoms with Crippen molar-refractivity contribution in [3.05, 3.63) is 71.3 Å². The molecule has 1 aliphatic rings. The number of carbonyl (C=O) groups is 2. The molecule has 0 aliphatic carbocycles. The minimum Gasteiger partial charge on any atom is -0.366 e. The van der Waals surface area contributed by atoms with E-state index in [1.165, 1.54) is 5.56 Å². The number of likely N-dealkylation sites (tertiary alicyclic amines) is 1. The Morgan fingerprint density at radius 2 is 1.56 bits per heavy atom. The summed E-state index contributed by atoms with van der Waals surface area (Å²) in [6, 6.07) is 16.6. The molecule has 1 fully saturated rings. The summed E-state index contributed by atoms with van der Waals surface area (Å²) < 4.78 is 0. The van der Waals surface area contributed by atoms with Gasteiger partial charge in [-0.25, -0.2) is 0 Å². The minimum atomic E-state index is -0.498. The Labute approximate surface area is 153 Å². The summed E-state index contributed by atoms with van der Waals surface area (Å²) in [6.45, 7) is 1.85. The fourth-order valence-corrected chi connectivity index (χ4v) is 3.31. The first-order valence-electron chi connectivity index (χ1n) is 8.04. The molecule has 0 aromatic heterocycles. The maximum absolute atomic E-state index is 12.7. The largest absolute Gasteiger partial charge is 0.366 e. The molecular weight excluding hydrogens is 338 g/mol. The van der Waals surface area contributed by atoms with Gasteiger partial charge in [-0.1, -0.05) is 30.3 Å². The minimum absolute atomic E-state index is 0. The maximum Gasteiger partial charge on any atom is 0.253 e. The molecule has 4 N–H and O–H groups in total. The normalized spacial score (nSPS) is 19.3. The zero-order valence-corrected chi connectivity index (χ0v) is 14.6. The highest BCUT2D eigenvalue weighted by molar-refractivity contribution is 5.97. The first-order chi connectivity index (χ1) is 11.6. The van der Waals surface area contributed by atoms with Crippen molar-refractivity contribution in [3.8, 4) is 0 Å². The molecule has 0 radical (unpaired) electrons. The Bertz CT molecular complexity index is 734. The molecule has 2 aromatic rings. The van der Waals surface area contributed by atoms with Gasteiger partial charge in [0.15, 0.2) is 0 Å². The molecule has 2 amide bonds. The lowest BCUT2D eigenvalue weighted by Gasteiger charge is -2.17. The van der Waals surface area contributed by atoms with Crippen LogP contribution >= 0.6 is 12.4 Å². The maximum atomic E-state index is 12.7. The summed E-state index contributed by atoms with van der Waals surface area (Å²) in [5, 5.41) is 0. The van der Waals surface area contributed by atoms with Crippen LogP contribution in [0.3, 0.4) is 0 Å². The SMILES string of the molecule is Cl.NC[C@@H]1CN(C(=O)c2ccc(C(N)=O)cc2)C[C@H]1c1ccccc1. The van der Waals surface area contributed by atoms with Crippen molar-refractivity contribution in [1.82, 2.24) is 4.90 Å². The average Bonchev–Trinajstić information content (AvgIpc) is 3.06. The van der Waals surface area contributed by atoms with E-state index in [9.17, 15) is 9.59 Å². The summed E-state index contributed by atoms with van der Waals surface area (Å²) in [7, 11) is 0. The molecule has 2 aromatic carbocycles. The van der Waals surface area contributed by atoms with E-state index in [0.29, 0.717) is 30.8 Å². The first-order valence-corrected chi connectivity index (χ1v) is 8.04. The molecule has 1 saturated heterocycles. The van der Waals surface area contributed by atoms with Crippen LogP contribution in [0.4, 0.5) is 0 Å². The monoisotopic (exact) mass is 359 g/mol. The zero-order chi connectivity index (χ0) is 17.1. The van der Waals surface area contributed by atoms with Gasteiger partial charge in [-0.05, 0) is 42.3 Å². The van der Waals surface area contributed by atoms with Crippen LogP contribution in [0.5, 0.6) is 0 Å². The smallest absolute Gasteiger partial charge is 0.253 e. The van der Waals surface area contributed by atoms with E-state index in [0.717, 1.165) is 0 Å². The van der Waals surface area contributed by atoms with E-state index in [-0.39, 0.29) is 30.2 Å². The Kier molecular flexibility index (Phi) is 6.17. The number of nitrogens with two attached hydrogens (primary N) is 2. The lowest BCUT2D eigenvalue weighted by molar-refractivity contribution is 0.0786. The summed E-state index contributed by atoms with van der Waals surface area (Å²) >= 11 is 0. The number of halogens is 1. The van der Waals surface area contributed by atoms with E-state index >= 15 is 0 Å². The van der Waals surface area contributed by atoms with Gasteiger partial charge in [0.1, 0.15) is 0 Å². The van der Waals surface area contributed by atoms with Crippen molar-refractivity contribution >= 4 is 24.2 Å². The lowest BCUT2D eigenvalue weighted by Crippen LogP contribution is -2.29. The van der Waals surface area contributed by atoms with Gasteiger partial charge >= 0.3 is 0 Å². The van der Waals surface area contributed by atoms with Crippen molar-refractivity contribution in [2.45, 2.75) is 5.92 Å². The molecule has 0 saturated carbocycles. The van der Waals surface area contributed by atoms with Crippen molar-refractivity contribution in [1.29, 1.82) is 0 Å². The summed E-state index contributed by atoms with van der Waals surface area (Å²) in [4.78, 5) is 25.7. The fourth-order valence-electron chi connectivity index (χ4n) is 3.31. The molecule has 3 rings (SSSR count). The van der Waals surface area contributed by atoms with Gasteiger partial charge in [-0.15, -0.1) is 12.4 Å². The zero-order valence-electron chi connectivity index (χ0n) is 13.8. The van der Waals surface area contributed by atoms with Crippen LogP contribution in [-0.2, 0) is 0 Å². The number of hydrogen-bond donors (Lipinski definition) is 2. The van der Waals surface area contributed by atoms with Crippen LogP contribution in [0, 0.1) is 5.92 Å². The summed E-state index contributed by atoms with van der Waals surface area (Å²) in [5.74, 6) is -0.0308. The Hall–Kier alpha value is -2.37. The lowest BCUT2D eigenvalue weighted by atomic mass is 9.89. The molecule has 0 bridgehead atoms. The van der Waals surface area contributed by atoms with Gasteiger partial charge in [0, 0.05) is 30.1 Å². The van der Waals surface area contributed by atoms with Crippen molar-refractivity contribution in [3.63, 3.8) is 0 Å². The molecule has 0 unspecified atom stereocenters. The van der Waals surface area contributed by atoms with Crippen molar-refractivity contribution < 1.29 is 9.59 Å². The molecular formula is C19H22ClN3O2. The van der Waals surface area contributed by atoms with Crippen LogP contribution in [0.2, 0.25) is 0 Å². The van der Waals surface area contributed by atoms with E-state index in [1.54, 1.807) is 24.3 Å². The van der Waals surface area contributed by atoms with Gasteiger partial charge in [-0.2, -0.15) is 0 Å². The number of primary amides is 1. The topological polar surface area (TPSA) is 89.4 Å².